The molecule has 1 saturated carbocycles. The van der Waals surface area contributed by atoms with Crippen LogP contribution in [0.15, 0.2) is 0 Å². The lowest BCUT2D eigenvalue weighted by atomic mass is 9.63. The van der Waals surface area contributed by atoms with Crippen molar-refractivity contribution in [3.05, 3.63) is 0 Å². The van der Waals surface area contributed by atoms with E-state index < -0.39 is 5.60 Å². The molecule has 0 amide bonds. The number of fused-ring (bicyclic) bond motifs is 5. The van der Waals surface area contributed by atoms with E-state index in [0.29, 0.717) is 23.1 Å². The molecule has 4 bridgehead atoms. The molecule has 6 atom stereocenters. The Morgan fingerprint density at radius 3 is 2.68 bits per heavy atom. The second kappa shape index (κ2) is 9.38. The molecule has 6 unspecified atom stereocenters. The minimum absolute atomic E-state index is 0.210. The van der Waals surface area contributed by atoms with E-state index in [4.69, 9.17) is 0 Å². The summed E-state index contributed by atoms with van der Waals surface area (Å²) >= 11 is 2.03. The number of rotatable bonds is 0. The van der Waals surface area contributed by atoms with Gasteiger partial charge in [0.05, 0.1) is 11.0 Å². The van der Waals surface area contributed by atoms with E-state index in [1.807, 2.05) is 11.8 Å². The van der Waals surface area contributed by atoms with Gasteiger partial charge in [-0.05, 0) is 81.8 Å². The van der Waals surface area contributed by atoms with Gasteiger partial charge >= 0.3 is 0 Å². The van der Waals surface area contributed by atoms with Crippen LogP contribution in [0.1, 0.15) is 46.0 Å². The average molecular weight is 371 g/mol. The molecule has 3 fully saturated rings. The molecule has 1 aliphatic carbocycles. The highest BCUT2D eigenvalue weighted by molar-refractivity contribution is 7.99. The number of hydrogen-bond acceptors (Lipinski definition) is 6. The maximum Gasteiger partial charge on any atom is 0.0829 e. The molecule has 2 heterocycles. The second-order valence-electron chi connectivity index (χ2n) is 8.46. The van der Waals surface area contributed by atoms with Gasteiger partial charge in [0.1, 0.15) is 0 Å². The third kappa shape index (κ3) is 5.11. The minimum Gasteiger partial charge on any atom is -0.388 e. The first kappa shape index (κ1) is 19.9. The van der Waals surface area contributed by atoms with Crippen molar-refractivity contribution in [1.82, 2.24) is 21.3 Å². The van der Waals surface area contributed by atoms with E-state index >= 15 is 0 Å². The standard InChI is InChI=1S/C19H38N4OS/c1-14-9-15(2)19(24)11-16(14)12-21-6-3-5-20-7-4-8-25-18-10-17(19)22-13-23-18/h14-18,20-24H,3-13H2,1-2H3. The molecule has 0 spiro atoms. The highest BCUT2D eigenvalue weighted by Gasteiger charge is 2.49. The fourth-order valence-corrected chi connectivity index (χ4v) is 6.02. The topological polar surface area (TPSA) is 68.3 Å². The number of thioether (sulfide) groups is 1. The van der Waals surface area contributed by atoms with E-state index in [9.17, 15) is 5.11 Å². The zero-order valence-corrected chi connectivity index (χ0v) is 16.8. The highest BCUT2D eigenvalue weighted by Crippen LogP contribution is 2.43. The Bertz CT molecular complexity index is 413. The first-order valence-electron chi connectivity index (χ1n) is 10.3. The molecule has 0 aromatic rings. The second-order valence-corrected chi connectivity index (χ2v) is 9.77. The fraction of sp³-hybridized carbons (Fsp3) is 1.00. The van der Waals surface area contributed by atoms with Crippen LogP contribution in [0.25, 0.3) is 0 Å². The van der Waals surface area contributed by atoms with Gasteiger partial charge in [-0.1, -0.05) is 13.8 Å². The van der Waals surface area contributed by atoms with E-state index in [0.717, 1.165) is 52.1 Å². The molecule has 146 valence electrons. The maximum absolute atomic E-state index is 11.7. The Kier molecular flexibility index (Phi) is 7.46. The van der Waals surface area contributed by atoms with Crippen LogP contribution in [0.3, 0.4) is 0 Å². The Balaban J connectivity index is 1.69. The minimum atomic E-state index is -0.571. The van der Waals surface area contributed by atoms with Crippen LogP contribution in [0, 0.1) is 17.8 Å². The zero-order valence-electron chi connectivity index (χ0n) is 16.0. The molecular weight excluding hydrogens is 332 g/mol. The normalized spacial score (nSPS) is 45.0. The predicted molar refractivity (Wildman–Crippen MR) is 107 cm³/mol. The molecule has 2 aliphatic heterocycles. The fourth-order valence-electron chi connectivity index (χ4n) is 4.89. The zero-order chi connectivity index (χ0) is 17.7. The monoisotopic (exact) mass is 370 g/mol. The van der Waals surface area contributed by atoms with E-state index in [-0.39, 0.29) is 6.04 Å². The summed E-state index contributed by atoms with van der Waals surface area (Å²) in [5.41, 5.74) is -0.571. The third-order valence-corrected chi connectivity index (χ3v) is 7.92. The molecular formula is C19H38N4OS. The lowest BCUT2D eigenvalue weighted by Crippen LogP contribution is -2.64. The van der Waals surface area contributed by atoms with Crippen molar-refractivity contribution < 1.29 is 5.11 Å². The van der Waals surface area contributed by atoms with Gasteiger partial charge in [0.15, 0.2) is 0 Å². The van der Waals surface area contributed by atoms with Crippen molar-refractivity contribution in [2.75, 3.05) is 38.6 Å². The summed E-state index contributed by atoms with van der Waals surface area (Å²) in [5.74, 6) is 2.81. The van der Waals surface area contributed by atoms with E-state index in [2.05, 4.69) is 35.1 Å². The summed E-state index contributed by atoms with van der Waals surface area (Å²) < 4.78 is 0. The van der Waals surface area contributed by atoms with Gasteiger partial charge in [-0.3, -0.25) is 10.6 Å². The Hall–Kier alpha value is 0.150. The summed E-state index contributed by atoms with van der Waals surface area (Å²) in [6, 6.07) is 0.210. The maximum atomic E-state index is 11.7. The Labute approximate surface area is 157 Å². The molecule has 25 heavy (non-hydrogen) atoms. The molecule has 0 aromatic heterocycles. The lowest BCUT2D eigenvalue weighted by molar-refractivity contribution is -0.106. The van der Waals surface area contributed by atoms with Crippen LogP contribution in [0.2, 0.25) is 0 Å². The van der Waals surface area contributed by atoms with Gasteiger partial charge in [0, 0.05) is 12.7 Å². The predicted octanol–water partition coefficient (Wildman–Crippen LogP) is 1.34. The van der Waals surface area contributed by atoms with Crippen LogP contribution in [0.4, 0.5) is 0 Å². The first-order valence-corrected chi connectivity index (χ1v) is 11.4. The van der Waals surface area contributed by atoms with Gasteiger partial charge in [0.25, 0.3) is 0 Å². The molecule has 3 rings (SSSR count). The molecule has 5 nitrogen and oxygen atoms in total. The SMILES string of the molecule is CC1CC(C)C2(O)CC1CNCCCNCCCSC1CC2NCN1. The van der Waals surface area contributed by atoms with Crippen LogP contribution in [-0.4, -0.2) is 60.7 Å². The van der Waals surface area contributed by atoms with Crippen molar-refractivity contribution in [1.29, 1.82) is 0 Å². The van der Waals surface area contributed by atoms with Crippen LogP contribution in [-0.2, 0) is 0 Å². The van der Waals surface area contributed by atoms with Gasteiger partial charge in [-0.25, -0.2) is 0 Å². The van der Waals surface area contributed by atoms with Gasteiger partial charge in [0.2, 0.25) is 0 Å². The summed E-state index contributed by atoms with van der Waals surface area (Å²) in [5, 5.41) is 26.5. The molecule has 5 N–H and O–H groups in total. The first-order chi connectivity index (χ1) is 12.1. The number of nitrogens with one attached hydrogen (secondary N) is 4. The highest BCUT2D eigenvalue weighted by atomic mass is 32.2. The summed E-state index contributed by atoms with van der Waals surface area (Å²) in [6.07, 6.45) is 5.48. The molecule has 0 aromatic carbocycles. The largest absolute Gasteiger partial charge is 0.388 e. The van der Waals surface area contributed by atoms with Crippen molar-refractivity contribution in [2.24, 2.45) is 17.8 Å². The van der Waals surface area contributed by atoms with Crippen molar-refractivity contribution in [3.8, 4) is 0 Å². The number of aliphatic hydroxyl groups is 1. The summed E-state index contributed by atoms with van der Waals surface area (Å²) in [7, 11) is 0. The summed E-state index contributed by atoms with van der Waals surface area (Å²) in [6.45, 7) is 9.78. The Morgan fingerprint density at radius 1 is 1.00 bits per heavy atom. The molecule has 0 radical (unpaired) electrons. The molecule has 6 heteroatoms. The van der Waals surface area contributed by atoms with Crippen molar-refractivity contribution in [2.45, 2.75) is 63.0 Å². The summed E-state index contributed by atoms with van der Waals surface area (Å²) in [4.78, 5) is 0. The van der Waals surface area contributed by atoms with Crippen LogP contribution >= 0.6 is 11.8 Å². The van der Waals surface area contributed by atoms with Crippen molar-refractivity contribution >= 4 is 11.8 Å². The van der Waals surface area contributed by atoms with Crippen LogP contribution < -0.4 is 21.3 Å². The average Bonchev–Trinajstić information content (AvgIpc) is 2.60. The van der Waals surface area contributed by atoms with Gasteiger partial charge in [-0.2, -0.15) is 0 Å². The van der Waals surface area contributed by atoms with Crippen molar-refractivity contribution in [3.63, 3.8) is 0 Å². The van der Waals surface area contributed by atoms with Gasteiger partial charge < -0.3 is 15.7 Å². The Morgan fingerprint density at radius 2 is 1.80 bits per heavy atom. The van der Waals surface area contributed by atoms with Crippen LogP contribution in [0.5, 0.6) is 0 Å². The number of hydrogen-bond donors (Lipinski definition) is 5. The van der Waals surface area contributed by atoms with E-state index in [1.54, 1.807) is 0 Å². The van der Waals surface area contributed by atoms with Gasteiger partial charge in [-0.15, -0.1) is 11.8 Å². The smallest absolute Gasteiger partial charge is 0.0829 e. The molecule has 3 aliphatic rings. The molecule has 2 saturated heterocycles. The van der Waals surface area contributed by atoms with E-state index in [1.165, 1.54) is 18.6 Å². The third-order valence-electron chi connectivity index (χ3n) is 6.63. The lowest BCUT2D eigenvalue weighted by Gasteiger charge is -2.51. The quantitative estimate of drug-likeness (QED) is 0.443.